The van der Waals surface area contributed by atoms with Crippen molar-refractivity contribution in [1.82, 2.24) is 15.6 Å². The fraction of sp³-hybridized carbons (Fsp3) is 0.450. The molecule has 0 atom stereocenters. The van der Waals surface area contributed by atoms with Crippen molar-refractivity contribution in [2.24, 2.45) is 0 Å². The molecule has 1 heterocycles. The number of nitrogens with zero attached hydrogens (tertiary/aromatic N) is 1. The molecule has 0 unspecified atom stereocenters. The van der Waals surface area contributed by atoms with E-state index < -0.39 is 0 Å². The monoisotopic (exact) mass is 325 g/mol. The molecule has 3 rings (SSSR count). The smallest absolute Gasteiger partial charge is 0.119 e. The van der Waals surface area contributed by atoms with Gasteiger partial charge >= 0.3 is 0 Å². The van der Waals surface area contributed by atoms with Crippen LogP contribution in [0.5, 0.6) is 5.75 Å². The standard InChI is InChI=1S/C20H27N3O/c1-21-18-3-5-19(6-4-18)23-14-15-11-17(13-20(12-15)24-2)16-7-9-22-10-8-16/h7-13,18-19,21,23H,3-6,14H2,1-2H3. The van der Waals surface area contributed by atoms with Gasteiger partial charge in [0.05, 0.1) is 7.11 Å². The van der Waals surface area contributed by atoms with Gasteiger partial charge in [-0.15, -0.1) is 0 Å². The van der Waals surface area contributed by atoms with Crippen LogP contribution in [-0.4, -0.2) is 31.2 Å². The number of methoxy groups -OCH3 is 1. The van der Waals surface area contributed by atoms with Crippen LogP contribution in [0.25, 0.3) is 11.1 Å². The average Bonchev–Trinajstić information content (AvgIpc) is 2.67. The van der Waals surface area contributed by atoms with E-state index in [0.717, 1.165) is 12.3 Å². The van der Waals surface area contributed by atoms with Crippen molar-refractivity contribution in [2.45, 2.75) is 44.3 Å². The van der Waals surface area contributed by atoms with E-state index >= 15 is 0 Å². The van der Waals surface area contributed by atoms with E-state index in [-0.39, 0.29) is 0 Å². The van der Waals surface area contributed by atoms with E-state index in [2.05, 4.69) is 40.9 Å². The van der Waals surface area contributed by atoms with Crippen LogP contribution in [0.3, 0.4) is 0 Å². The Kier molecular flexibility index (Phi) is 5.83. The van der Waals surface area contributed by atoms with E-state index in [1.165, 1.54) is 42.4 Å². The summed E-state index contributed by atoms with van der Waals surface area (Å²) >= 11 is 0. The van der Waals surface area contributed by atoms with Crippen molar-refractivity contribution in [1.29, 1.82) is 0 Å². The summed E-state index contributed by atoms with van der Waals surface area (Å²) in [7, 11) is 3.79. The summed E-state index contributed by atoms with van der Waals surface area (Å²) in [6, 6.07) is 11.8. The van der Waals surface area contributed by atoms with Crippen LogP contribution in [0, 0.1) is 0 Å². The number of hydrogen-bond donors (Lipinski definition) is 2. The topological polar surface area (TPSA) is 46.2 Å². The number of ether oxygens (including phenoxy) is 1. The Balaban J connectivity index is 1.67. The van der Waals surface area contributed by atoms with Gasteiger partial charge in [0.25, 0.3) is 0 Å². The Morgan fingerprint density at radius 3 is 2.38 bits per heavy atom. The van der Waals surface area contributed by atoms with E-state index in [1.54, 1.807) is 7.11 Å². The minimum absolute atomic E-state index is 0.616. The first-order valence-corrected chi connectivity index (χ1v) is 8.77. The summed E-state index contributed by atoms with van der Waals surface area (Å²) in [5.74, 6) is 0.903. The fourth-order valence-corrected chi connectivity index (χ4v) is 3.44. The second kappa shape index (κ2) is 8.27. The van der Waals surface area contributed by atoms with Gasteiger partial charge in [0.2, 0.25) is 0 Å². The molecular formula is C20H27N3O. The summed E-state index contributed by atoms with van der Waals surface area (Å²) in [5, 5.41) is 7.11. The Hall–Kier alpha value is -1.91. The normalized spacial score (nSPS) is 20.8. The van der Waals surface area contributed by atoms with Gasteiger partial charge in [0, 0.05) is 31.0 Å². The molecule has 1 fully saturated rings. The lowest BCUT2D eigenvalue weighted by Gasteiger charge is -2.29. The highest BCUT2D eigenvalue weighted by molar-refractivity contribution is 5.65. The molecule has 1 aromatic heterocycles. The maximum atomic E-state index is 5.49. The van der Waals surface area contributed by atoms with Gasteiger partial charge in [-0.05, 0) is 79.8 Å². The van der Waals surface area contributed by atoms with Crippen molar-refractivity contribution in [3.8, 4) is 16.9 Å². The molecule has 24 heavy (non-hydrogen) atoms. The minimum Gasteiger partial charge on any atom is -0.497 e. The minimum atomic E-state index is 0.616. The second-order valence-corrected chi connectivity index (χ2v) is 6.52. The molecule has 0 saturated heterocycles. The van der Waals surface area contributed by atoms with Gasteiger partial charge in [-0.1, -0.05) is 0 Å². The SMILES string of the molecule is CNC1CCC(NCc2cc(OC)cc(-c3ccncc3)c2)CC1. The van der Waals surface area contributed by atoms with Crippen LogP contribution in [0.2, 0.25) is 0 Å². The van der Waals surface area contributed by atoms with Crippen LogP contribution in [0.1, 0.15) is 31.2 Å². The highest BCUT2D eigenvalue weighted by Gasteiger charge is 2.19. The molecule has 128 valence electrons. The number of rotatable bonds is 6. The molecule has 1 aliphatic carbocycles. The molecule has 0 amide bonds. The Morgan fingerprint density at radius 1 is 1.00 bits per heavy atom. The number of hydrogen-bond acceptors (Lipinski definition) is 4. The lowest BCUT2D eigenvalue weighted by molar-refractivity contribution is 0.317. The van der Waals surface area contributed by atoms with Crippen molar-refractivity contribution in [3.05, 3.63) is 48.3 Å². The molecule has 0 aliphatic heterocycles. The molecule has 1 aliphatic rings. The summed E-state index contributed by atoms with van der Waals surface area (Å²) in [6.45, 7) is 0.879. The van der Waals surface area contributed by atoms with Crippen LogP contribution in [0.15, 0.2) is 42.7 Å². The van der Waals surface area contributed by atoms with Gasteiger partial charge in [-0.2, -0.15) is 0 Å². The molecule has 2 N–H and O–H groups in total. The first kappa shape index (κ1) is 16.9. The summed E-state index contributed by atoms with van der Waals surface area (Å²) in [5.41, 5.74) is 3.60. The van der Waals surface area contributed by atoms with Gasteiger partial charge in [0.1, 0.15) is 5.75 Å². The van der Waals surface area contributed by atoms with Crippen LogP contribution < -0.4 is 15.4 Å². The zero-order valence-corrected chi connectivity index (χ0v) is 14.6. The van der Waals surface area contributed by atoms with Crippen molar-refractivity contribution in [3.63, 3.8) is 0 Å². The zero-order chi connectivity index (χ0) is 16.8. The van der Waals surface area contributed by atoms with Gasteiger partial charge in [-0.3, -0.25) is 4.98 Å². The van der Waals surface area contributed by atoms with Crippen LogP contribution in [0.4, 0.5) is 0 Å². The third-order valence-corrected chi connectivity index (χ3v) is 4.95. The molecular weight excluding hydrogens is 298 g/mol. The Labute approximate surface area is 144 Å². The van der Waals surface area contributed by atoms with E-state index in [0.29, 0.717) is 12.1 Å². The Morgan fingerprint density at radius 2 is 1.71 bits per heavy atom. The van der Waals surface area contributed by atoms with Gasteiger partial charge in [-0.25, -0.2) is 0 Å². The number of pyridine rings is 1. The summed E-state index contributed by atoms with van der Waals surface area (Å²) in [6.07, 6.45) is 8.66. The molecule has 0 radical (unpaired) electrons. The number of nitrogens with one attached hydrogen (secondary N) is 2. The fourth-order valence-electron chi connectivity index (χ4n) is 3.44. The lowest BCUT2D eigenvalue weighted by atomic mass is 9.91. The number of aromatic nitrogens is 1. The summed E-state index contributed by atoms with van der Waals surface area (Å²) in [4.78, 5) is 4.10. The third kappa shape index (κ3) is 4.34. The molecule has 2 aromatic rings. The highest BCUT2D eigenvalue weighted by Crippen LogP contribution is 2.26. The lowest BCUT2D eigenvalue weighted by Crippen LogP contribution is -2.38. The molecule has 0 bridgehead atoms. The Bertz CT molecular complexity index is 637. The van der Waals surface area contributed by atoms with E-state index in [1.807, 2.05) is 24.5 Å². The zero-order valence-electron chi connectivity index (χ0n) is 14.6. The molecule has 4 heteroatoms. The molecule has 4 nitrogen and oxygen atoms in total. The largest absolute Gasteiger partial charge is 0.497 e. The molecule has 1 aromatic carbocycles. The summed E-state index contributed by atoms with van der Waals surface area (Å²) < 4.78 is 5.49. The van der Waals surface area contributed by atoms with E-state index in [4.69, 9.17) is 4.74 Å². The quantitative estimate of drug-likeness (QED) is 0.855. The van der Waals surface area contributed by atoms with Crippen LogP contribution in [-0.2, 0) is 6.54 Å². The van der Waals surface area contributed by atoms with Gasteiger partial charge in [0.15, 0.2) is 0 Å². The second-order valence-electron chi connectivity index (χ2n) is 6.52. The first-order valence-electron chi connectivity index (χ1n) is 8.77. The van der Waals surface area contributed by atoms with Crippen molar-refractivity contribution < 1.29 is 4.74 Å². The van der Waals surface area contributed by atoms with Gasteiger partial charge < -0.3 is 15.4 Å². The van der Waals surface area contributed by atoms with E-state index in [9.17, 15) is 0 Å². The predicted octanol–water partition coefficient (Wildman–Crippen LogP) is 3.38. The predicted molar refractivity (Wildman–Crippen MR) is 98.2 cm³/mol. The maximum Gasteiger partial charge on any atom is 0.119 e. The highest BCUT2D eigenvalue weighted by atomic mass is 16.5. The molecule has 0 spiro atoms. The average molecular weight is 325 g/mol. The third-order valence-electron chi connectivity index (χ3n) is 4.95. The molecule has 1 saturated carbocycles. The first-order chi connectivity index (χ1) is 11.8. The van der Waals surface area contributed by atoms with Crippen LogP contribution >= 0.6 is 0 Å². The van der Waals surface area contributed by atoms with Crippen molar-refractivity contribution >= 4 is 0 Å². The van der Waals surface area contributed by atoms with Crippen molar-refractivity contribution in [2.75, 3.05) is 14.2 Å². The number of benzene rings is 1. The maximum absolute atomic E-state index is 5.49.